The fraction of sp³-hybridized carbons (Fsp3) is 0.500. The van der Waals surface area contributed by atoms with E-state index in [0.29, 0.717) is 32.0 Å². The molecule has 0 heterocycles. The number of benzene rings is 2. The standard InChI is InChI=1S/C24H31BrO6/c1-3-28-23(26)13-11-20-21-16-19(31-17-24(27)29-4-2)10-8-18(21)9-12-22(20)30-15-7-5-6-14-25/h8-10,12,16H,3-7,11,13-15,17H2,1-2H3. The summed E-state index contributed by atoms with van der Waals surface area (Å²) >= 11 is 3.44. The molecule has 0 fully saturated rings. The van der Waals surface area contributed by atoms with Crippen LogP contribution in [0.3, 0.4) is 0 Å². The van der Waals surface area contributed by atoms with Crippen molar-refractivity contribution >= 4 is 38.6 Å². The number of hydrogen-bond donors (Lipinski definition) is 0. The van der Waals surface area contributed by atoms with Gasteiger partial charge in [-0.15, -0.1) is 0 Å². The molecule has 0 aliphatic rings. The van der Waals surface area contributed by atoms with Gasteiger partial charge in [0, 0.05) is 17.3 Å². The first-order valence-corrected chi connectivity index (χ1v) is 11.9. The lowest BCUT2D eigenvalue weighted by Crippen LogP contribution is -2.14. The summed E-state index contributed by atoms with van der Waals surface area (Å²) in [5.74, 6) is 0.675. The lowest BCUT2D eigenvalue weighted by Gasteiger charge is -2.15. The quantitative estimate of drug-likeness (QED) is 0.203. The molecule has 0 aliphatic heterocycles. The van der Waals surface area contributed by atoms with Crippen LogP contribution < -0.4 is 9.47 Å². The first-order valence-electron chi connectivity index (χ1n) is 10.8. The molecule has 0 radical (unpaired) electrons. The van der Waals surface area contributed by atoms with Crippen molar-refractivity contribution in [3.8, 4) is 11.5 Å². The lowest BCUT2D eigenvalue weighted by molar-refractivity contribution is -0.145. The molecule has 0 saturated carbocycles. The number of carbonyl (C=O) groups is 2. The van der Waals surface area contributed by atoms with Gasteiger partial charge in [-0.2, -0.15) is 0 Å². The molecule has 31 heavy (non-hydrogen) atoms. The molecule has 0 aromatic heterocycles. The van der Waals surface area contributed by atoms with E-state index in [1.807, 2.05) is 30.3 Å². The van der Waals surface area contributed by atoms with E-state index in [9.17, 15) is 9.59 Å². The average molecular weight is 495 g/mol. The van der Waals surface area contributed by atoms with Crippen LogP contribution in [0.5, 0.6) is 11.5 Å². The first-order chi connectivity index (χ1) is 15.1. The summed E-state index contributed by atoms with van der Waals surface area (Å²) in [5.41, 5.74) is 0.938. The summed E-state index contributed by atoms with van der Waals surface area (Å²) in [6.07, 6.45) is 3.92. The number of hydrogen-bond acceptors (Lipinski definition) is 6. The van der Waals surface area contributed by atoms with Gasteiger partial charge in [-0.05, 0) is 68.5 Å². The predicted molar refractivity (Wildman–Crippen MR) is 124 cm³/mol. The van der Waals surface area contributed by atoms with Crippen LogP contribution in [-0.2, 0) is 25.5 Å². The predicted octanol–water partition coefficient (Wildman–Crippen LogP) is 5.22. The molecule has 0 spiro atoms. The van der Waals surface area contributed by atoms with Crippen molar-refractivity contribution in [2.75, 3.05) is 31.8 Å². The molecule has 0 atom stereocenters. The van der Waals surface area contributed by atoms with Gasteiger partial charge in [0.15, 0.2) is 6.61 Å². The van der Waals surface area contributed by atoms with Crippen molar-refractivity contribution in [3.05, 3.63) is 35.9 Å². The minimum absolute atomic E-state index is 0.152. The molecule has 2 aromatic rings. The topological polar surface area (TPSA) is 71.1 Å². The Morgan fingerprint density at radius 2 is 1.65 bits per heavy atom. The molecule has 0 aliphatic carbocycles. The van der Waals surface area contributed by atoms with Crippen LogP contribution in [0.4, 0.5) is 0 Å². The average Bonchev–Trinajstić information content (AvgIpc) is 2.76. The fourth-order valence-corrected chi connectivity index (χ4v) is 3.58. The second-order valence-electron chi connectivity index (χ2n) is 6.92. The van der Waals surface area contributed by atoms with Gasteiger partial charge in [0.1, 0.15) is 11.5 Å². The van der Waals surface area contributed by atoms with Crippen LogP contribution in [-0.4, -0.2) is 43.7 Å². The zero-order valence-electron chi connectivity index (χ0n) is 18.3. The number of fused-ring (bicyclic) bond motifs is 1. The third-order valence-electron chi connectivity index (χ3n) is 4.64. The summed E-state index contributed by atoms with van der Waals surface area (Å²) in [4.78, 5) is 23.6. The maximum absolute atomic E-state index is 12.0. The van der Waals surface area contributed by atoms with E-state index in [2.05, 4.69) is 15.9 Å². The molecule has 0 saturated heterocycles. The van der Waals surface area contributed by atoms with E-state index >= 15 is 0 Å². The van der Waals surface area contributed by atoms with Crippen molar-refractivity contribution in [1.82, 2.24) is 0 Å². The molecular weight excluding hydrogens is 464 g/mol. The third-order valence-corrected chi connectivity index (χ3v) is 5.20. The SMILES string of the molecule is CCOC(=O)CCc1c(OCCCCCBr)ccc2ccc(OCC(=O)OCC)cc12. The Kier molecular flexibility index (Phi) is 11.2. The minimum Gasteiger partial charge on any atom is -0.493 e. The number of esters is 2. The van der Waals surface area contributed by atoms with Gasteiger partial charge >= 0.3 is 11.9 Å². The number of alkyl halides is 1. The number of ether oxygens (including phenoxy) is 4. The number of rotatable bonds is 14. The zero-order valence-corrected chi connectivity index (χ0v) is 19.9. The molecule has 0 bridgehead atoms. The molecular formula is C24H31BrO6. The van der Waals surface area contributed by atoms with Crippen molar-refractivity contribution in [3.63, 3.8) is 0 Å². The summed E-state index contributed by atoms with van der Waals surface area (Å²) in [6.45, 7) is 4.69. The second kappa shape index (κ2) is 13.9. The third kappa shape index (κ3) is 8.40. The van der Waals surface area contributed by atoms with Crippen molar-refractivity contribution in [1.29, 1.82) is 0 Å². The Labute approximate surface area is 192 Å². The molecule has 2 aromatic carbocycles. The van der Waals surface area contributed by atoms with Gasteiger partial charge < -0.3 is 18.9 Å². The van der Waals surface area contributed by atoms with E-state index in [0.717, 1.165) is 46.7 Å². The van der Waals surface area contributed by atoms with E-state index < -0.39 is 5.97 Å². The van der Waals surface area contributed by atoms with Crippen LogP contribution in [0.1, 0.15) is 45.1 Å². The molecule has 2 rings (SSSR count). The van der Waals surface area contributed by atoms with Crippen molar-refractivity contribution < 1.29 is 28.5 Å². The lowest BCUT2D eigenvalue weighted by atomic mass is 9.99. The monoisotopic (exact) mass is 494 g/mol. The van der Waals surface area contributed by atoms with Gasteiger partial charge in [0.25, 0.3) is 0 Å². The summed E-state index contributed by atoms with van der Waals surface area (Å²) in [6, 6.07) is 9.58. The Balaban J connectivity index is 2.24. The highest BCUT2D eigenvalue weighted by atomic mass is 79.9. The summed E-state index contributed by atoms with van der Waals surface area (Å²) < 4.78 is 21.7. The number of carbonyl (C=O) groups excluding carboxylic acids is 2. The van der Waals surface area contributed by atoms with Crippen LogP contribution >= 0.6 is 15.9 Å². The normalized spacial score (nSPS) is 10.7. The van der Waals surface area contributed by atoms with Crippen molar-refractivity contribution in [2.45, 2.75) is 46.0 Å². The van der Waals surface area contributed by atoms with Gasteiger partial charge in [-0.1, -0.05) is 28.1 Å². The van der Waals surface area contributed by atoms with Crippen LogP contribution in [0.2, 0.25) is 0 Å². The van der Waals surface area contributed by atoms with E-state index in [1.54, 1.807) is 13.8 Å². The number of aryl methyl sites for hydroxylation is 1. The Hall–Kier alpha value is -2.28. The highest BCUT2D eigenvalue weighted by Gasteiger charge is 2.14. The maximum Gasteiger partial charge on any atom is 0.344 e. The first kappa shape index (κ1) is 25.0. The number of unbranched alkanes of at least 4 members (excludes halogenated alkanes) is 2. The largest absolute Gasteiger partial charge is 0.493 e. The highest BCUT2D eigenvalue weighted by Crippen LogP contribution is 2.32. The van der Waals surface area contributed by atoms with Gasteiger partial charge in [0.2, 0.25) is 0 Å². The molecule has 0 unspecified atom stereocenters. The molecule has 6 nitrogen and oxygen atoms in total. The smallest absolute Gasteiger partial charge is 0.344 e. The van der Waals surface area contributed by atoms with Crippen LogP contribution in [0.15, 0.2) is 30.3 Å². The Bertz CT molecular complexity index is 851. The van der Waals surface area contributed by atoms with Crippen molar-refractivity contribution in [2.24, 2.45) is 0 Å². The molecule has 0 amide bonds. The summed E-state index contributed by atoms with van der Waals surface area (Å²) in [5, 5.41) is 2.93. The highest BCUT2D eigenvalue weighted by molar-refractivity contribution is 9.09. The van der Waals surface area contributed by atoms with Gasteiger partial charge in [0.05, 0.1) is 19.8 Å². The van der Waals surface area contributed by atoms with Gasteiger partial charge in [-0.3, -0.25) is 4.79 Å². The Morgan fingerprint density at radius 1 is 0.903 bits per heavy atom. The second-order valence-corrected chi connectivity index (χ2v) is 7.72. The fourth-order valence-electron chi connectivity index (χ4n) is 3.18. The number of halogens is 1. The van der Waals surface area contributed by atoms with Gasteiger partial charge in [-0.25, -0.2) is 4.79 Å². The zero-order chi connectivity index (χ0) is 22.5. The minimum atomic E-state index is -0.411. The molecule has 7 heteroatoms. The Morgan fingerprint density at radius 3 is 2.39 bits per heavy atom. The van der Waals surface area contributed by atoms with E-state index in [4.69, 9.17) is 18.9 Å². The van der Waals surface area contributed by atoms with E-state index in [1.165, 1.54) is 0 Å². The molecule has 170 valence electrons. The van der Waals surface area contributed by atoms with Crippen LogP contribution in [0, 0.1) is 0 Å². The summed E-state index contributed by atoms with van der Waals surface area (Å²) in [7, 11) is 0. The maximum atomic E-state index is 12.0. The molecule has 0 N–H and O–H groups in total. The van der Waals surface area contributed by atoms with E-state index in [-0.39, 0.29) is 19.0 Å². The van der Waals surface area contributed by atoms with Crippen LogP contribution in [0.25, 0.3) is 10.8 Å².